The molecule has 0 fully saturated rings. The summed E-state index contributed by atoms with van der Waals surface area (Å²) in [4.78, 5) is 5.35. The molecule has 2 heterocycles. The van der Waals surface area contributed by atoms with Crippen molar-refractivity contribution in [3.05, 3.63) is 28.8 Å². The third kappa shape index (κ3) is 2.29. The molecular formula is C11H18N6S. The number of rotatable bonds is 3. The van der Waals surface area contributed by atoms with E-state index < -0.39 is 0 Å². The smallest absolute Gasteiger partial charge is 0.132 e. The van der Waals surface area contributed by atoms with Crippen LogP contribution in [-0.4, -0.2) is 19.1 Å². The van der Waals surface area contributed by atoms with Gasteiger partial charge >= 0.3 is 0 Å². The van der Waals surface area contributed by atoms with Gasteiger partial charge in [0.15, 0.2) is 0 Å². The Morgan fingerprint density at radius 2 is 2.17 bits per heavy atom. The molecule has 3 N–H and O–H groups in total. The van der Waals surface area contributed by atoms with Crippen molar-refractivity contribution in [2.75, 3.05) is 0 Å². The van der Waals surface area contributed by atoms with Crippen molar-refractivity contribution in [1.82, 2.24) is 24.6 Å². The van der Waals surface area contributed by atoms with Gasteiger partial charge in [0.05, 0.1) is 10.6 Å². The molecular weight excluding hydrogens is 248 g/mol. The van der Waals surface area contributed by atoms with Crippen LogP contribution in [0, 0.1) is 0 Å². The first-order valence-electron chi connectivity index (χ1n) is 5.71. The first-order valence-corrected chi connectivity index (χ1v) is 6.48. The highest BCUT2D eigenvalue weighted by atomic mass is 32.1. The lowest BCUT2D eigenvalue weighted by molar-refractivity contribution is 0.530. The summed E-state index contributed by atoms with van der Waals surface area (Å²) in [6.45, 7) is 6.33. The molecule has 0 aliphatic heterocycles. The van der Waals surface area contributed by atoms with Crippen LogP contribution in [0.5, 0.6) is 0 Å². The fraction of sp³-hybridized carbons (Fsp3) is 0.545. The number of nitrogens with one attached hydrogen (secondary N) is 1. The number of hydrazine groups is 1. The number of nitrogens with zero attached hydrogens (tertiary/aromatic N) is 4. The van der Waals surface area contributed by atoms with Gasteiger partial charge in [-0.25, -0.2) is 10.4 Å². The maximum atomic E-state index is 5.68. The van der Waals surface area contributed by atoms with E-state index in [1.165, 1.54) is 11.5 Å². The number of hydrogen-bond acceptors (Lipinski definition) is 6. The molecule has 0 saturated carbocycles. The molecule has 0 aromatic carbocycles. The second kappa shape index (κ2) is 4.75. The average molecular weight is 266 g/mol. The maximum absolute atomic E-state index is 5.68. The molecule has 0 bridgehead atoms. The molecule has 0 radical (unpaired) electrons. The number of aryl methyl sites for hydroxylation is 1. The van der Waals surface area contributed by atoms with Crippen LogP contribution in [-0.2, 0) is 12.5 Å². The minimum absolute atomic E-state index is 0.0669. The third-order valence-electron chi connectivity index (χ3n) is 2.77. The SMILES string of the molecule is Cn1ccnc1C(NN)c1snnc1C(C)(C)C. The second-order valence-electron chi connectivity index (χ2n) is 5.23. The summed E-state index contributed by atoms with van der Waals surface area (Å²) in [5.41, 5.74) is 3.70. The summed E-state index contributed by atoms with van der Waals surface area (Å²) in [5.74, 6) is 6.54. The molecule has 0 amide bonds. The van der Waals surface area contributed by atoms with Crippen molar-refractivity contribution in [3.8, 4) is 0 Å². The largest absolute Gasteiger partial charge is 0.336 e. The molecule has 2 aromatic heterocycles. The first-order chi connectivity index (χ1) is 8.45. The van der Waals surface area contributed by atoms with E-state index in [0.29, 0.717) is 0 Å². The van der Waals surface area contributed by atoms with Crippen LogP contribution in [0.4, 0.5) is 0 Å². The minimum Gasteiger partial charge on any atom is -0.336 e. The van der Waals surface area contributed by atoms with E-state index in [-0.39, 0.29) is 11.5 Å². The van der Waals surface area contributed by atoms with Crippen LogP contribution >= 0.6 is 11.5 Å². The van der Waals surface area contributed by atoms with Crippen molar-refractivity contribution in [3.63, 3.8) is 0 Å². The highest BCUT2D eigenvalue weighted by molar-refractivity contribution is 7.05. The monoisotopic (exact) mass is 266 g/mol. The molecule has 18 heavy (non-hydrogen) atoms. The van der Waals surface area contributed by atoms with E-state index >= 15 is 0 Å². The van der Waals surface area contributed by atoms with E-state index in [0.717, 1.165) is 16.4 Å². The fourth-order valence-electron chi connectivity index (χ4n) is 1.83. The first kappa shape index (κ1) is 13.1. The summed E-state index contributed by atoms with van der Waals surface area (Å²) in [6.07, 6.45) is 3.65. The van der Waals surface area contributed by atoms with Gasteiger partial charge in [-0.3, -0.25) is 5.84 Å². The predicted octanol–water partition coefficient (Wildman–Crippen LogP) is 1.12. The van der Waals surface area contributed by atoms with Gasteiger partial charge in [-0.1, -0.05) is 25.3 Å². The Morgan fingerprint density at radius 1 is 1.44 bits per heavy atom. The zero-order valence-electron chi connectivity index (χ0n) is 11.0. The van der Waals surface area contributed by atoms with Crippen LogP contribution in [0.3, 0.4) is 0 Å². The molecule has 0 saturated heterocycles. The van der Waals surface area contributed by atoms with E-state index in [1.54, 1.807) is 6.20 Å². The lowest BCUT2D eigenvalue weighted by Crippen LogP contribution is -2.32. The Balaban J connectivity index is 2.47. The summed E-state index contributed by atoms with van der Waals surface area (Å²) < 4.78 is 6.00. The zero-order valence-corrected chi connectivity index (χ0v) is 11.8. The number of nitrogens with two attached hydrogens (primary N) is 1. The summed E-state index contributed by atoms with van der Waals surface area (Å²) >= 11 is 1.36. The van der Waals surface area contributed by atoms with Crippen molar-refractivity contribution in [1.29, 1.82) is 0 Å². The highest BCUT2D eigenvalue weighted by Crippen LogP contribution is 2.32. The summed E-state index contributed by atoms with van der Waals surface area (Å²) in [6, 6.07) is -0.181. The molecule has 6 nitrogen and oxygen atoms in total. The molecule has 0 aliphatic rings. The van der Waals surface area contributed by atoms with Crippen LogP contribution in [0.25, 0.3) is 0 Å². The molecule has 0 spiro atoms. The zero-order chi connectivity index (χ0) is 13.3. The van der Waals surface area contributed by atoms with Gasteiger partial charge in [-0.15, -0.1) is 5.10 Å². The Hall–Kier alpha value is -1.31. The number of hydrogen-bond donors (Lipinski definition) is 2. The van der Waals surface area contributed by atoms with Gasteiger partial charge in [-0.05, 0) is 11.5 Å². The van der Waals surface area contributed by atoms with Gasteiger partial charge in [-0.2, -0.15) is 0 Å². The third-order valence-corrected chi connectivity index (χ3v) is 3.56. The van der Waals surface area contributed by atoms with Crippen LogP contribution < -0.4 is 11.3 Å². The van der Waals surface area contributed by atoms with E-state index in [1.807, 2.05) is 17.8 Å². The van der Waals surface area contributed by atoms with Crippen LogP contribution in [0.2, 0.25) is 0 Å². The maximum Gasteiger partial charge on any atom is 0.132 e. The van der Waals surface area contributed by atoms with Crippen LogP contribution in [0.15, 0.2) is 12.4 Å². The standard InChI is InChI=1S/C11H18N6S/c1-11(2,3)9-8(18-16-15-9)7(14-12)10-13-5-6-17(10)4/h5-7,14H,12H2,1-4H3. The fourth-order valence-corrected chi connectivity index (χ4v) is 2.75. The Bertz CT molecular complexity index is 524. The highest BCUT2D eigenvalue weighted by Gasteiger charge is 2.29. The number of aromatic nitrogens is 4. The minimum atomic E-state index is -0.181. The van der Waals surface area contributed by atoms with Crippen molar-refractivity contribution in [2.24, 2.45) is 12.9 Å². The molecule has 0 aliphatic carbocycles. The van der Waals surface area contributed by atoms with E-state index in [4.69, 9.17) is 5.84 Å². The van der Waals surface area contributed by atoms with Gasteiger partial charge in [0.2, 0.25) is 0 Å². The topological polar surface area (TPSA) is 81.7 Å². The number of imidazole rings is 1. The van der Waals surface area contributed by atoms with Crippen LogP contribution in [0.1, 0.15) is 43.2 Å². The van der Waals surface area contributed by atoms with E-state index in [2.05, 4.69) is 40.8 Å². The lowest BCUT2D eigenvalue weighted by atomic mass is 9.90. The molecule has 2 rings (SSSR count). The molecule has 2 aromatic rings. The Labute approximate surface area is 110 Å². The van der Waals surface area contributed by atoms with Gasteiger partial charge in [0, 0.05) is 24.9 Å². The molecule has 7 heteroatoms. The summed E-state index contributed by atoms with van der Waals surface area (Å²) in [5, 5.41) is 4.23. The van der Waals surface area contributed by atoms with Crippen molar-refractivity contribution < 1.29 is 0 Å². The Kier molecular flexibility index (Phi) is 3.47. The molecule has 98 valence electrons. The predicted molar refractivity (Wildman–Crippen MR) is 71.0 cm³/mol. The van der Waals surface area contributed by atoms with Crippen molar-refractivity contribution in [2.45, 2.75) is 32.2 Å². The average Bonchev–Trinajstić information content (AvgIpc) is 2.89. The van der Waals surface area contributed by atoms with Crippen molar-refractivity contribution >= 4 is 11.5 Å². The van der Waals surface area contributed by atoms with Gasteiger partial charge in [0.1, 0.15) is 11.9 Å². The molecule has 1 unspecified atom stereocenters. The van der Waals surface area contributed by atoms with E-state index in [9.17, 15) is 0 Å². The van der Waals surface area contributed by atoms with Gasteiger partial charge in [0.25, 0.3) is 0 Å². The lowest BCUT2D eigenvalue weighted by Gasteiger charge is -2.21. The molecule has 1 atom stereocenters. The summed E-state index contributed by atoms with van der Waals surface area (Å²) in [7, 11) is 1.94. The Morgan fingerprint density at radius 3 is 2.67 bits per heavy atom. The normalized spacial score (nSPS) is 13.8. The quantitative estimate of drug-likeness (QED) is 0.642. The van der Waals surface area contributed by atoms with Gasteiger partial charge < -0.3 is 4.57 Å². The second-order valence-corrected chi connectivity index (χ2v) is 6.02.